The summed E-state index contributed by atoms with van der Waals surface area (Å²) in [6.07, 6.45) is 11.9. The number of hydrogen-bond acceptors (Lipinski definition) is 22. The Morgan fingerprint density at radius 1 is 0.355 bits per heavy atom. The summed E-state index contributed by atoms with van der Waals surface area (Å²) >= 11 is 0. The second kappa shape index (κ2) is 40.4. The van der Waals surface area contributed by atoms with E-state index in [4.69, 9.17) is 28.4 Å². The van der Waals surface area contributed by atoms with Gasteiger partial charge in [-0.1, -0.05) is 0 Å². The molecule has 0 unspecified atom stereocenters. The molecule has 578 valence electrons. The average Bonchev–Trinajstić information content (AvgIpc) is 1.70. The van der Waals surface area contributed by atoms with E-state index in [-0.39, 0.29) is 160 Å². The summed E-state index contributed by atoms with van der Waals surface area (Å²) in [6, 6.07) is 4.38. The number of ether oxygens (including phenoxy) is 6. The lowest BCUT2D eigenvalue weighted by molar-refractivity contribution is -0.160. The summed E-state index contributed by atoms with van der Waals surface area (Å²) in [5.74, 6) is -5.75. The molecule has 0 fully saturated rings. The van der Waals surface area contributed by atoms with Gasteiger partial charge >= 0.3 is 5.97 Å². The van der Waals surface area contributed by atoms with E-state index < -0.39 is 70.6 Å². The van der Waals surface area contributed by atoms with Crippen LogP contribution in [0.5, 0.6) is 0 Å². The third-order valence-corrected chi connectivity index (χ3v) is 15.0. The minimum Gasteiger partial charge on any atom is -0.458 e. The normalized spacial score (nSPS) is 11.2. The highest BCUT2D eigenvalue weighted by atomic mass is 16.6. The molecule has 0 atom stereocenters. The Bertz CT molecular complexity index is 4280. The molecule has 7 aromatic rings. The zero-order valence-corrected chi connectivity index (χ0v) is 61.3. The molecule has 11 N–H and O–H groups in total. The molecule has 0 spiro atoms. The van der Waals surface area contributed by atoms with Crippen LogP contribution in [0.25, 0.3) is 0 Å². The number of esters is 1. The summed E-state index contributed by atoms with van der Waals surface area (Å²) < 4.78 is 42.4. The molecule has 0 aliphatic rings. The standard InChI is InChI=1S/C67H92N22O18/c1-67(2,3)107-55(94)41-106-31-30-105-29-28-104-27-26-103-25-24-102-23-21-68-51(90)13-17-72-64(99)58-81-50(40-88(58)9)82-62(97)47-32-42(35-86(47)7)74-53(92)14-19-73-63(98)57-79-48(38-87(57)8)77-52(91)12-11-16-70-60(95)45-34-44(37-84(45)5)76-66(101)59-80-49(39-89(59)10)78-54(93)15-18-71-61(96)46-33-43(36-85(46)6)75-65(100)56-69-20-22-83(56)4/h20,22,32-40H,11-19,21,23-31,41H2,1-10H3,(H,68,90)(H,70,95)(H,71,96)(H,72,99)(H,73,98)(H,74,92)(H,75,100)(H,76,101)(H,77,91)(H,78,93)(H,82,97). The van der Waals surface area contributed by atoms with Crippen molar-refractivity contribution in [3.8, 4) is 0 Å². The fourth-order valence-electron chi connectivity index (χ4n) is 9.98. The highest BCUT2D eigenvalue weighted by Crippen LogP contribution is 2.20. The minimum absolute atomic E-state index is 0.00916. The number of anilines is 6. The van der Waals surface area contributed by atoms with Crippen LogP contribution in [0.4, 0.5) is 34.5 Å². The monoisotopic (exact) mass is 1490 g/mol. The van der Waals surface area contributed by atoms with Gasteiger partial charge in [0.1, 0.15) is 29.3 Å². The first-order valence-electron chi connectivity index (χ1n) is 33.9. The van der Waals surface area contributed by atoms with Gasteiger partial charge in [0.15, 0.2) is 23.3 Å². The Labute approximate surface area is 614 Å². The quantitative estimate of drug-likeness (QED) is 0.0185. The van der Waals surface area contributed by atoms with Crippen LogP contribution < -0.4 is 58.5 Å². The molecule has 107 heavy (non-hydrogen) atoms. The molecule has 0 radical (unpaired) electrons. The third kappa shape index (κ3) is 27.0. The maximum absolute atomic E-state index is 13.3. The van der Waals surface area contributed by atoms with Crippen LogP contribution in [0.3, 0.4) is 0 Å². The Kier molecular flexibility index (Phi) is 31.1. The number of amides is 11. The van der Waals surface area contributed by atoms with Gasteiger partial charge in [-0.15, -0.1) is 0 Å². The molecule has 7 heterocycles. The van der Waals surface area contributed by atoms with Crippen molar-refractivity contribution in [2.75, 3.05) is 131 Å². The van der Waals surface area contributed by atoms with Gasteiger partial charge in [-0.05, 0) is 45.4 Å². The van der Waals surface area contributed by atoms with E-state index >= 15 is 0 Å². The van der Waals surface area contributed by atoms with E-state index in [0.29, 0.717) is 51.9 Å². The number of carbonyl (C=O) groups is 12. The summed E-state index contributed by atoms with van der Waals surface area (Å²) in [6.45, 7) is 8.34. The number of rotatable bonds is 43. The van der Waals surface area contributed by atoms with Crippen LogP contribution in [-0.2, 0) is 102 Å². The van der Waals surface area contributed by atoms with Gasteiger partial charge in [-0.3, -0.25) is 52.7 Å². The number of aromatic nitrogens is 11. The van der Waals surface area contributed by atoms with Gasteiger partial charge in [-0.25, -0.2) is 24.7 Å². The van der Waals surface area contributed by atoms with Crippen LogP contribution in [0.2, 0.25) is 0 Å². The largest absolute Gasteiger partial charge is 0.458 e. The first-order chi connectivity index (χ1) is 51.0. The van der Waals surface area contributed by atoms with Gasteiger partial charge in [0.25, 0.3) is 41.4 Å². The number of nitrogens with one attached hydrogen (secondary N) is 11. The van der Waals surface area contributed by atoms with Crippen molar-refractivity contribution in [3.05, 3.63) is 108 Å². The second-order valence-corrected chi connectivity index (χ2v) is 25.0. The number of hydrogen-bond donors (Lipinski definition) is 11. The van der Waals surface area contributed by atoms with E-state index in [2.05, 4.69) is 78.4 Å². The van der Waals surface area contributed by atoms with Gasteiger partial charge in [-0.2, -0.15) is 0 Å². The molecule has 40 nitrogen and oxygen atoms in total. The number of nitrogens with zero attached hydrogens (tertiary/aromatic N) is 11. The lowest BCUT2D eigenvalue weighted by Gasteiger charge is -2.19. The molecular formula is C67H92N22O18. The van der Waals surface area contributed by atoms with Crippen LogP contribution in [0.15, 0.2) is 67.8 Å². The smallest absolute Gasteiger partial charge is 0.332 e. The van der Waals surface area contributed by atoms with Crippen molar-refractivity contribution in [1.29, 1.82) is 0 Å². The average molecular weight is 1490 g/mol. The van der Waals surface area contributed by atoms with Crippen LogP contribution in [0.1, 0.15) is 127 Å². The fourth-order valence-corrected chi connectivity index (χ4v) is 9.98. The number of imidazole rings is 4. The first-order valence-corrected chi connectivity index (χ1v) is 33.9. The minimum atomic E-state index is -0.639. The van der Waals surface area contributed by atoms with Crippen molar-refractivity contribution in [2.45, 2.75) is 58.5 Å². The van der Waals surface area contributed by atoms with E-state index in [0.717, 1.165) is 0 Å². The molecule has 0 saturated heterocycles. The molecule has 0 aromatic carbocycles. The van der Waals surface area contributed by atoms with Crippen LogP contribution in [-0.4, -0.2) is 227 Å². The maximum Gasteiger partial charge on any atom is 0.332 e. The van der Waals surface area contributed by atoms with Gasteiger partial charge in [0, 0.05) is 157 Å². The van der Waals surface area contributed by atoms with Crippen molar-refractivity contribution >= 4 is 105 Å². The lowest BCUT2D eigenvalue weighted by Crippen LogP contribution is -2.33. The molecule has 0 aliphatic heterocycles. The second-order valence-electron chi connectivity index (χ2n) is 25.0. The van der Waals surface area contributed by atoms with Gasteiger partial charge in [0.2, 0.25) is 41.1 Å². The van der Waals surface area contributed by atoms with Gasteiger partial charge < -0.3 is 119 Å². The zero-order valence-electron chi connectivity index (χ0n) is 61.3. The SMILES string of the molecule is Cn1cc(NC(=O)c2nc(NC(=O)CCNC(=O)c3cc(NC(=O)c4nccn4C)cn3C)cn2C)cc1C(=O)NCCCC(=O)Nc1cn(C)c(C(=O)NCCC(=O)Nc2cc(C(=O)Nc3cn(C)c(C(=O)NCCC(=O)NCCOCCOCCOCCOCCOCC(=O)OC(C)(C)C)n3)n(C)c2)n1. The van der Waals surface area contributed by atoms with E-state index in [1.165, 1.54) is 82.8 Å². The number of aryl methyl sites for hydroxylation is 7. The molecule has 11 amide bonds. The Balaban J connectivity index is 0.706. The Hall–Kier alpha value is -11.9. The van der Waals surface area contributed by atoms with Crippen molar-refractivity contribution in [3.63, 3.8) is 0 Å². The van der Waals surface area contributed by atoms with E-state index in [9.17, 15) is 57.5 Å². The fraction of sp³-hybridized carbons (Fsp3) is 0.463. The molecule has 7 aromatic heterocycles. The third-order valence-electron chi connectivity index (χ3n) is 15.0. The van der Waals surface area contributed by atoms with Crippen molar-refractivity contribution < 1.29 is 86.0 Å². The van der Waals surface area contributed by atoms with Crippen LogP contribution >= 0.6 is 0 Å². The van der Waals surface area contributed by atoms with Crippen molar-refractivity contribution in [2.24, 2.45) is 49.3 Å². The Morgan fingerprint density at radius 3 is 1.21 bits per heavy atom. The molecule has 40 heteroatoms. The molecule has 0 aliphatic carbocycles. The Morgan fingerprint density at radius 2 is 0.738 bits per heavy atom. The summed E-state index contributed by atoms with van der Waals surface area (Å²) in [4.78, 5) is 171. The summed E-state index contributed by atoms with van der Waals surface area (Å²) in [5, 5.41) is 29.3. The lowest BCUT2D eigenvalue weighted by atomic mass is 10.2. The summed E-state index contributed by atoms with van der Waals surface area (Å²) in [7, 11) is 11.2. The van der Waals surface area contributed by atoms with Crippen LogP contribution in [0, 0.1) is 0 Å². The zero-order chi connectivity index (χ0) is 77.7. The highest BCUT2D eigenvalue weighted by molar-refractivity contribution is 6.06. The molecule has 0 bridgehead atoms. The highest BCUT2D eigenvalue weighted by Gasteiger charge is 2.24. The predicted molar refractivity (Wildman–Crippen MR) is 384 cm³/mol. The number of carbonyl (C=O) groups excluding carboxylic acids is 12. The molecule has 0 saturated carbocycles. The molecule has 7 rings (SSSR count). The predicted octanol–water partition coefficient (Wildman–Crippen LogP) is 0.720. The van der Waals surface area contributed by atoms with E-state index in [1.54, 1.807) is 87.1 Å². The first kappa shape index (κ1) is 82.4. The van der Waals surface area contributed by atoms with Gasteiger partial charge in [0.05, 0.1) is 76.5 Å². The topological polar surface area (TPSA) is 479 Å². The summed E-state index contributed by atoms with van der Waals surface area (Å²) in [5.41, 5.74) is 0.941. The van der Waals surface area contributed by atoms with E-state index in [1.807, 2.05) is 0 Å². The van der Waals surface area contributed by atoms with Crippen molar-refractivity contribution in [1.82, 2.24) is 78.5 Å². The maximum atomic E-state index is 13.3. The molecular weight excluding hydrogens is 1400 g/mol.